The van der Waals surface area contributed by atoms with Gasteiger partial charge in [-0.15, -0.1) is 0 Å². The lowest BCUT2D eigenvalue weighted by molar-refractivity contribution is 0.102. The number of hydrogen-bond donors (Lipinski definition) is 1. The quantitative estimate of drug-likeness (QED) is 0.918. The first-order valence-corrected chi connectivity index (χ1v) is 7.07. The summed E-state index contributed by atoms with van der Waals surface area (Å²) in [5.74, 6) is 2.92. The Morgan fingerprint density at radius 3 is 3.10 bits per heavy atom. The van der Waals surface area contributed by atoms with Crippen molar-refractivity contribution in [1.29, 1.82) is 0 Å². The average Bonchev–Trinajstić information content (AvgIpc) is 3.13. The van der Waals surface area contributed by atoms with Crippen LogP contribution in [0.3, 0.4) is 0 Å². The van der Waals surface area contributed by atoms with Crippen LogP contribution < -0.4 is 14.8 Å². The van der Waals surface area contributed by atoms with E-state index in [1.807, 2.05) is 0 Å². The lowest BCUT2D eigenvalue weighted by atomic mass is 10.1. The Morgan fingerprint density at radius 1 is 1.24 bits per heavy atom. The highest BCUT2D eigenvalue weighted by molar-refractivity contribution is 6.04. The van der Waals surface area contributed by atoms with Crippen molar-refractivity contribution in [2.24, 2.45) is 0 Å². The highest BCUT2D eigenvalue weighted by atomic mass is 16.7. The molecule has 2 aliphatic heterocycles. The van der Waals surface area contributed by atoms with Crippen molar-refractivity contribution < 1.29 is 14.3 Å². The maximum Gasteiger partial charge on any atom is 0.256 e. The van der Waals surface area contributed by atoms with Gasteiger partial charge in [-0.05, 0) is 31.0 Å². The number of carbonyl (C=O) groups excluding carboxylic acids is 1. The number of nitrogens with zero attached hydrogens (tertiary/aromatic N) is 2. The van der Waals surface area contributed by atoms with Crippen molar-refractivity contribution in [3.8, 4) is 11.5 Å². The Labute approximate surface area is 121 Å². The topological polar surface area (TPSA) is 65.4 Å². The highest BCUT2D eigenvalue weighted by Crippen LogP contribution is 2.32. The van der Waals surface area contributed by atoms with E-state index in [1.54, 1.807) is 24.4 Å². The Hall–Kier alpha value is -2.50. The molecule has 0 aliphatic carbocycles. The first-order chi connectivity index (χ1) is 10.3. The van der Waals surface area contributed by atoms with Gasteiger partial charge in [-0.1, -0.05) is 0 Å². The Kier molecular flexibility index (Phi) is 2.80. The third-order valence-corrected chi connectivity index (χ3v) is 3.85. The summed E-state index contributed by atoms with van der Waals surface area (Å²) in [5, 5.41) is 2.92. The molecule has 1 aromatic carbocycles. The number of imidazole rings is 1. The summed E-state index contributed by atoms with van der Waals surface area (Å²) in [6.07, 6.45) is 4.98. The van der Waals surface area contributed by atoms with E-state index in [1.165, 1.54) is 0 Å². The Balaban J connectivity index is 1.57. The molecule has 0 radical (unpaired) electrons. The van der Waals surface area contributed by atoms with Gasteiger partial charge in [0.25, 0.3) is 5.91 Å². The van der Waals surface area contributed by atoms with E-state index in [4.69, 9.17) is 9.47 Å². The number of ether oxygens (including phenoxy) is 2. The molecule has 2 aliphatic rings. The molecule has 3 heterocycles. The zero-order valence-corrected chi connectivity index (χ0v) is 11.5. The zero-order valence-electron chi connectivity index (χ0n) is 11.5. The van der Waals surface area contributed by atoms with Gasteiger partial charge in [-0.3, -0.25) is 4.79 Å². The fourth-order valence-electron chi connectivity index (χ4n) is 2.74. The van der Waals surface area contributed by atoms with Crippen LogP contribution in [0, 0.1) is 0 Å². The van der Waals surface area contributed by atoms with Crippen LogP contribution in [0.5, 0.6) is 11.5 Å². The lowest BCUT2D eigenvalue weighted by Gasteiger charge is -2.16. The standard InChI is InChI=1S/C15H15N3O3/c19-15(10-4-5-11-12(7-10)21-9-20-11)17-14-8-16-13-3-1-2-6-18(13)14/h4-5,7-8H,1-3,6,9H2,(H,17,19). The summed E-state index contributed by atoms with van der Waals surface area (Å²) in [6, 6.07) is 5.19. The molecule has 2 aromatic rings. The second-order valence-electron chi connectivity index (χ2n) is 5.19. The van der Waals surface area contributed by atoms with Crippen LogP contribution in [0.25, 0.3) is 0 Å². The summed E-state index contributed by atoms with van der Waals surface area (Å²) in [5.41, 5.74) is 0.547. The lowest BCUT2D eigenvalue weighted by Crippen LogP contribution is -2.18. The van der Waals surface area contributed by atoms with Gasteiger partial charge >= 0.3 is 0 Å². The molecule has 1 N–H and O–H groups in total. The number of hydrogen-bond acceptors (Lipinski definition) is 4. The van der Waals surface area contributed by atoms with Crippen LogP contribution in [-0.2, 0) is 13.0 Å². The van der Waals surface area contributed by atoms with Crippen LogP contribution in [0.1, 0.15) is 29.0 Å². The van der Waals surface area contributed by atoms with Gasteiger partial charge in [0.1, 0.15) is 11.6 Å². The molecule has 1 aromatic heterocycles. The van der Waals surface area contributed by atoms with Crippen molar-refractivity contribution in [2.45, 2.75) is 25.8 Å². The zero-order chi connectivity index (χ0) is 14.2. The van der Waals surface area contributed by atoms with Crippen LogP contribution >= 0.6 is 0 Å². The molecule has 0 bridgehead atoms. The van der Waals surface area contributed by atoms with E-state index in [0.29, 0.717) is 17.1 Å². The minimum atomic E-state index is -0.165. The predicted octanol–water partition coefficient (Wildman–Crippen LogP) is 2.20. The third-order valence-electron chi connectivity index (χ3n) is 3.85. The molecule has 0 saturated carbocycles. The van der Waals surface area contributed by atoms with Gasteiger partial charge in [0.2, 0.25) is 6.79 Å². The van der Waals surface area contributed by atoms with Gasteiger partial charge < -0.3 is 19.4 Å². The number of aromatic nitrogens is 2. The smallest absolute Gasteiger partial charge is 0.256 e. The number of anilines is 1. The summed E-state index contributed by atoms with van der Waals surface area (Å²) >= 11 is 0. The number of nitrogens with one attached hydrogen (secondary N) is 1. The second-order valence-corrected chi connectivity index (χ2v) is 5.19. The second kappa shape index (κ2) is 4.80. The number of fused-ring (bicyclic) bond motifs is 2. The number of rotatable bonds is 2. The number of carbonyl (C=O) groups is 1. The molecule has 6 nitrogen and oxygen atoms in total. The third kappa shape index (κ3) is 2.12. The summed E-state index contributed by atoms with van der Waals surface area (Å²) in [6.45, 7) is 1.11. The maximum absolute atomic E-state index is 12.3. The summed E-state index contributed by atoms with van der Waals surface area (Å²) in [4.78, 5) is 16.7. The average molecular weight is 285 g/mol. The van der Waals surface area contributed by atoms with E-state index in [-0.39, 0.29) is 12.7 Å². The van der Waals surface area contributed by atoms with Crippen molar-refractivity contribution in [1.82, 2.24) is 9.55 Å². The van der Waals surface area contributed by atoms with Gasteiger partial charge in [-0.2, -0.15) is 0 Å². The number of aryl methyl sites for hydroxylation is 1. The Bertz CT molecular complexity index is 708. The predicted molar refractivity (Wildman–Crippen MR) is 75.7 cm³/mol. The Morgan fingerprint density at radius 2 is 2.14 bits per heavy atom. The van der Waals surface area contributed by atoms with E-state index in [9.17, 15) is 4.79 Å². The normalized spacial score (nSPS) is 15.6. The molecule has 108 valence electrons. The summed E-state index contributed by atoms with van der Waals surface area (Å²) < 4.78 is 12.6. The molecule has 0 saturated heterocycles. The van der Waals surface area contributed by atoms with Gasteiger partial charge in [0.15, 0.2) is 11.5 Å². The van der Waals surface area contributed by atoms with Crippen LogP contribution in [0.15, 0.2) is 24.4 Å². The first-order valence-electron chi connectivity index (χ1n) is 7.07. The molecule has 0 spiro atoms. The largest absolute Gasteiger partial charge is 0.454 e. The molecular formula is C15H15N3O3. The molecule has 6 heteroatoms. The minimum Gasteiger partial charge on any atom is -0.454 e. The van der Waals surface area contributed by atoms with Crippen molar-refractivity contribution in [3.05, 3.63) is 35.8 Å². The fraction of sp³-hybridized carbons (Fsp3) is 0.333. The van der Waals surface area contributed by atoms with E-state index < -0.39 is 0 Å². The molecule has 4 rings (SSSR count). The summed E-state index contributed by atoms with van der Waals surface area (Å²) in [7, 11) is 0. The minimum absolute atomic E-state index is 0.165. The maximum atomic E-state index is 12.3. The van der Waals surface area contributed by atoms with Crippen LogP contribution in [-0.4, -0.2) is 22.3 Å². The van der Waals surface area contributed by atoms with Gasteiger partial charge in [0.05, 0.1) is 6.20 Å². The number of amides is 1. The van der Waals surface area contributed by atoms with Crippen LogP contribution in [0.4, 0.5) is 5.82 Å². The van der Waals surface area contributed by atoms with E-state index in [2.05, 4.69) is 14.9 Å². The van der Waals surface area contributed by atoms with Crippen molar-refractivity contribution >= 4 is 11.7 Å². The molecular weight excluding hydrogens is 270 g/mol. The first kappa shape index (κ1) is 12.3. The monoisotopic (exact) mass is 285 g/mol. The van der Waals surface area contributed by atoms with Gasteiger partial charge in [0, 0.05) is 18.5 Å². The molecule has 0 unspecified atom stereocenters. The van der Waals surface area contributed by atoms with Gasteiger partial charge in [-0.25, -0.2) is 4.98 Å². The molecule has 0 fully saturated rings. The SMILES string of the molecule is O=C(Nc1cnc2n1CCCC2)c1ccc2c(c1)OCO2. The van der Waals surface area contributed by atoms with E-state index >= 15 is 0 Å². The molecule has 1 amide bonds. The van der Waals surface area contributed by atoms with Crippen molar-refractivity contribution in [3.63, 3.8) is 0 Å². The fourth-order valence-corrected chi connectivity index (χ4v) is 2.74. The van der Waals surface area contributed by atoms with Crippen molar-refractivity contribution in [2.75, 3.05) is 12.1 Å². The van der Waals surface area contributed by atoms with E-state index in [0.717, 1.165) is 37.4 Å². The molecule has 0 atom stereocenters. The highest BCUT2D eigenvalue weighted by Gasteiger charge is 2.19. The van der Waals surface area contributed by atoms with Crippen LogP contribution in [0.2, 0.25) is 0 Å². The number of benzene rings is 1. The molecule has 21 heavy (non-hydrogen) atoms.